The quantitative estimate of drug-likeness (QED) is 0.681. The van der Waals surface area contributed by atoms with Crippen molar-refractivity contribution in [3.8, 4) is 5.75 Å². The third kappa shape index (κ3) is 1.17. The molecule has 0 saturated carbocycles. The van der Waals surface area contributed by atoms with Crippen molar-refractivity contribution in [1.29, 1.82) is 0 Å². The van der Waals surface area contributed by atoms with Crippen LogP contribution in [0, 0.1) is 0 Å². The fraction of sp³-hybridized carbons (Fsp3) is 0.500. The predicted octanol–water partition coefficient (Wildman–Crippen LogP) is 1.89. The molecule has 2 heterocycles. The van der Waals surface area contributed by atoms with E-state index < -0.39 is 0 Å². The molecule has 1 aliphatic carbocycles. The molecule has 0 amide bonds. The zero-order valence-electron chi connectivity index (χ0n) is 7.76. The maximum absolute atomic E-state index is 5.76. The highest BCUT2D eigenvalue weighted by molar-refractivity contribution is 7.81. The van der Waals surface area contributed by atoms with Crippen molar-refractivity contribution in [3.63, 3.8) is 0 Å². The molecular weight excluding hydrogens is 214 g/mol. The summed E-state index contributed by atoms with van der Waals surface area (Å²) in [7, 11) is 0. The molecule has 0 aromatic carbocycles. The summed E-state index contributed by atoms with van der Waals surface area (Å²) in [5.41, 5.74) is 1.43. The van der Waals surface area contributed by atoms with Crippen LogP contribution in [0.15, 0.2) is 0 Å². The number of fused-ring (bicyclic) bond motifs is 3. The number of ether oxygens (including phenoxy) is 1. The van der Waals surface area contributed by atoms with Crippen molar-refractivity contribution in [1.82, 2.24) is 5.32 Å². The molecule has 1 aromatic heterocycles. The Morgan fingerprint density at radius 1 is 1.36 bits per heavy atom. The number of nitrogens with one attached hydrogen (secondary N) is 1. The van der Waals surface area contributed by atoms with Gasteiger partial charge in [-0.3, -0.25) is 0 Å². The molecule has 1 aliphatic heterocycles. The first-order chi connectivity index (χ1) is 6.86. The lowest BCUT2D eigenvalue weighted by Gasteiger charge is -2.02. The van der Waals surface area contributed by atoms with E-state index in [4.69, 9.17) is 17.0 Å². The molecule has 0 atom stereocenters. The fourth-order valence-corrected chi connectivity index (χ4v) is 3.65. The van der Waals surface area contributed by atoms with Crippen LogP contribution in [-0.2, 0) is 12.8 Å². The van der Waals surface area contributed by atoms with Crippen LogP contribution in [0.5, 0.6) is 5.75 Å². The smallest absolute Gasteiger partial charge is 0.143 e. The number of hydrogen-bond donors (Lipinski definition) is 1. The molecule has 2 aliphatic rings. The minimum absolute atomic E-state index is 0.732. The molecule has 1 N–H and O–H groups in total. The van der Waals surface area contributed by atoms with Gasteiger partial charge in [0.25, 0.3) is 0 Å². The van der Waals surface area contributed by atoms with Crippen molar-refractivity contribution in [2.24, 2.45) is 0 Å². The predicted molar refractivity (Wildman–Crippen MR) is 61.5 cm³/mol. The third-order valence-corrected chi connectivity index (χ3v) is 4.48. The second-order valence-corrected chi connectivity index (χ2v) is 5.13. The molecule has 3 rings (SSSR count). The van der Waals surface area contributed by atoms with E-state index in [9.17, 15) is 0 Å². The Labute approximate surface area is 92.3 Å². The maximum atomic E-state index is 5.76. The number of thiocarbonyl (C=S) groups is 1. The number of aryl methyl sites for hydroxylation is 1. The van der Waals surface area contributed by atoms with Crippen LogP contribution in [0.3, 0.4) is 0 Å². The van der Waals surface area contributed by atoms with Crippen molar-refractivity contribution >= 4 is 28.5 Å². The van der Waals surface area contributed by atoms with Crippen LogP contribution in [0.4, 0.5) is 0 Å². The third-order valence-electron chi connectivity index (χ3n) is 2.71. The Kier molecular flexibility index (Phi) is 1.99. The van der Waals surface area contributed by atoms with Gasteiger partial charge < -0.3 is 10.1 Å². The van der Waals surface area contributed by atoms with E-state index in [1.807, 2.05) is 11.3 Å². The lowest BCUT2D eigenvalue weighted by atomic mass is 10.2. The summed E-state index contributed by atoms with van der Waals surface area (Å²) in [4.78, 5) is 3.51. The van der Waals surface area contributed by atoms with Crippen molar-refractivity contribution in [3.05, 3.63) is 15.3 Å². The first-order valence-corrected chi connectivity index (χ1v) is 6.14. The van der Waals surface area contributed by atoms with Gasteiger partial charge in [-0.2, -0.15) is 0 Å². The van der Waals surface area contributed by atoms with Crippen LogP contribution in [0.25, 0.3) is 0 Å². The summed E-state index contributed by atoms with van der Waals surface area (Å²) in [5, 5.41) is 3.21. The summed E-state index contributed by atoms with van der Waals surface area (Å²) in [6.45, 7) is 1.56. The molecule has 0 fully saturated rings. The summed E-state index contributed by atoms with van der Waals surface area (Å²) < 4.78 is 5.76. The molecular formula is C10H11NOS2. The van der Waals surface area contributed by atoms with E-state index in [1.165, 1.54) is 29.7 Å². The lowest BCUT2D eigenvalue weighted by Crippen LogP contribution is -2.23. The first-order valence-electron chi connectivity index (χ1n) is 4.92. The van der Waals surface area contributed by atoms with Gasteiger partial charge in [0.15, 0.2) is 0 Å². The van der Waals surface area contributed by atoms with E-state index in [2.05, 4.69) is 5.32 Å². The summed E-state index contributed by atoms with van der Waals surface area (Å²) in [6.07, 6.45) is 3.65. The monoisotopic (exact) mass is 225 g/mol. The van der Waals surface area contributed by atoms with Crippen LogP contribution >= 0.6 is 23.6 Å². The standard InChI is InChI=1S/C10H11NOS2/c13-10-9-8(12-5-4-11-10)6-2-1-3-7(6)14-9/h1-5H2,(H,11,13). The second kappa shape index (κ2) is 3.21. The number of thiophene rings is 1. The minimum atomic E-state index is 0.732. The lowest BCUT2D eigenvalue weighted by molar-refractivity contribution is 0.325. The van der Waals surface area contributed by atoms with Gasteiger partial charge in [-0.05, 0) is 19.3 Å². The van der Waals surface area contributed by atoms with Crippen LogP contribution in [-0.4, -0.2) is 18.1 Å². The zero-order chi connectivity index (χ0) is 9.54. The highest BCUT2D eigenvalue weighted by atomic mass is 32.1. The Bertz CT molecular complexity index is 397. The second-order valence-electron chi connectivity index (χ2n) is 3.62. The molecule has 0 bridgehead atoms. The van der Waals surface area contributed by atoms with E-state index in [-0.39, 0.29) is 0 Å². The van der Waals surface area contributed by atoms with Gasteiger partial charge >= 0.3 is 0 Å². The Morgan fingerprint density at radius 3 is 3.21 bits per heavy atom. The SMILES string of the molecule is S=C1NCCOc2c1sc1c2CCC1. The van der Waals surface area contributed by atoms with Crippen LogP contribution in [0.2, 0.25) is 0 Å². The largest absolute Gasteiger partial charge is 0.490 e. The molecule has 74 valence electrons. The highest BCUT2D eigenvalue weighted by Gasteiger charge is 2.26. The normalized spacial score (nSPS) is 19.3. The van der Waals surface area contributed by atoms with Crippen LogP contribution in [0.1, 0.15) is 21.7 Å². The average molecular weight is 225 g/mol. The Morgan fingerprint density at radius 2 is 2.29 bits per heavy atom. The highest BCUT2D eigenvalue weighted by Crippen LogP contribution is 2.41. The van der Waals surface area contributed by atoms with Gasteiger partial charge in [0, 0.05) is 17.0 Å². The molecule has 2 nitrogen and oxygen atoms in total. The zero-order valence-corrected chi connectivity index (χ0v) is 9.39. The molecule has 4 heteroatoms. The van der Waals surface area contributed by atoms with Crippen LogP contribution < -0.4 is 10.1 Å². The Balaban J connectivity index is 2.14. The van der Waals surface area contributed by atoms with Gasteiger partial charge in [-0.1, -0.05) is 12.2 Å². The number of hydrogen-bond acceptors (Lipinski definition) is 3. The average Bonchev–Trinajstić information content (AvgIpc) is 2.68. The fourth-order valence-electron chi connectivity index (χ4n) is 2.08. The minimum Gasteiger partial charge on any atom is -0.490 e. The molecule has 0 unspecified atom stereocenters. The molecule has 0 radical (unpaired) electrons. The maximum Gasteiger partial charge on any atom is 0.143 e. The molecule has 14 heavy (non-hydrogen) atoms. The number of rotatable bonds is 0. The summed E-state index contributed by atoms with van der Waals surface area (Å²) >= 11 is 7.13. The summed E-state index contributed by atoms with van der Waals surface area (Å²) in [6, 6.07) is 0. The Hall–Kier alpha value is -0.610. The van der Waals surface area contributed by atoms with Crippen molar-refractivity contribution in [2.45, 2.75) is 19.3 Å². The van der Waals surface area contributed by atoms with Gasteiger partial charge in [0.05, 0.1) is 0 Å². The van der Waals surface area contributed by atoms with E-state index >= 15 is 0 Å². The first kappa shape index (κ1) is 8.68. The topological polar surface area (TPSA) is 21.3 Å². The molecule has 0 saturated heterocycles. The van der Waals surface area contributed by atoms with E-state index in [1.54, 1.807) is 0 Å². The van der Waals surface area contributed by atoms with Gasteiger partial charge in [-0.15, -0.1) is 11.3 Å². The molecule has 1 aromatic rings. The van der Waals surface area contributed by atoms with Gasteiger partial charge in [0.1, 0.15) is 22.2 Å². The van der Waals surface area contributed by atoms with E-state index in [0.717, 1.165) is 28.8 Å². The van der Waals surface area contributed by atoms with Crippen molar-refractivity contribution < 1.29 is 4.74 Å². The van der Waals surface area contributed by atoms with Crippen molar-refractivity contribution in [2.75, 3.05) is 13.2 Å². The molecule has 0 spiro atoms. The van der Waals surface area contributed by atoms with E-state index in [0.29, 0.717) is 0 Å². The van der Waals surface area contributed by atoms with Gasteiger partial charge in [0.2, 0.25) is 0 Å². The van der Waals surface area contributed by atoms with Gasteiger partial charge in [-0.25, -0.2) is 0 Å². The summed E-state index contributed by atoms with van der Waals surface area (Å²) in [5.74, 6) is 1.08.